The van der Waals surface area contributed by atoms with Crippen molar-refractivity contribution >= 4 is 17.5 Å². The average Bonchev–Trinajstić information content (AvgIpc) is 2.90. The second-order valence-corrected chi connectivity index (χ2v) is 5.88. The lowest BCUT2D eigenvalue weighted by Gasteiger charge is -2.32. The van der Waals surface area contributed by atoms with E-state index in [9.17, 15) is 4.79 Å². The molecule has 4 heteroatoms. The zero-order valence-electron chi connectivity index (χ0n) is 11.1. The highest BCUT2D eigenvalue weighted by Gasteiger charge is 2.24. The van der Waals surface area contributed by atoms with E-state index in [1.165, 1.54) is 6.42 Å². The molecule has 0 saturated carbocycles. The first-order chi connectivity index (χ1) is 8.79. The molecule has 2 saturated heterocycles. The van der Waals surface area contributed by atoms with Crippen LogP contribution in [0.1, 0.15) is 44.9 Å². The summed E-state index contributed by atoms with van der Waals surface area (Å²) in [6, 6.07) is 0. The maximum absolute atomic E-state index is 12.1. The SMILES string of the molecule is O=C(CCC1CCCO1)N1CCCC(CCCl)C1. The van der Waals surface area contributed by atoms with Crippen LogP contribution in [0.2, 0.25) is 0 Å². The van der Waals surface area contributed by atoms with E-state index < -0.39 is 0 Å². The highest BCUT2D eigenvalue weighted by Crippen LogP contribution is 2.22. The monoisotopic (exact) mass is 273 g/mol. The Bertz CT molecular complexity index is 265. The highest BCUT2D eigenvalue weighted by molar-refractivity contribution is 6.17. The van der Waals surface area contributed by atoms with Crippen LogP contribution >= 0.6 is 11.6 Å². The Hall–Kier alpha value is -0.280. The molecule has 0 radical (unpaired) electrons. The first-order valence-electron chi connectivity index (χ1n) is 7.25. The Morgan fingerprint density at radius 2 is 2.17 bits per heavy atom. The minimum absolute atomic E-state index is 0.310. The number of alkyl halides is 1. The Morgan fingerprint density at radius 3 is 2.89 bits per heavy atom. The number of likely N-dealkylation sites (tertiary alicyclic amines) is 1. The number of carbonyl (C=O) groups is 1. The molecule has 0 aromatic carbocycles. The lowest BCUT2D eigenvalue weighted by Crippen LogP contribution is -2.40. The molecular weight excluding hydrogens is 250 g/mol. The normalized spacial score (nSPS) is 28.6. The molecule has 0 bridgehead atoms. The summed E-state index contributed by atoms with van der Waals surface area (Å²) in [7, 11) is 0. The number of rotatable bonds is 5. The first-order valence-corrected chi connectivity index (χ1v) is 7.78. The van der Waals surface area contributed by atoms with Crippen molar-refractivity contribution in [2.75, 3.05) is 25.6 Å². The molecular formula is C14H24ClNO2. The van der Waals surface area contributed by atoms with Gasteiger partial charge in [-0.2, -0.15) is 0 Å². The van der Waals surface area contributed by atoms with E-state index in [0.29, 0.717) is 30.2 Å². The molecule has 2 heterocycles. The molecule has 0 aliphatic carbocycles. The summed E-state index contributed by atoms with van der Waals surface area (Å²) in [6.07, 6.45) is 7.56. The Balaban J connectivity index is 1.70. The quantitative estimate of drug-likeness (QED) is 0.721. The van der Waals surface area contributed by atoms with Gasteiger partial charge in [0.1, 0.15) is 0 Å². The lowest BCUT2D eigenvalue weighted by molar-refractivity contribution is -0.133. The van der Waals surface area contributed by atoms with E-state index in [0.717, 1.165) is 51.8 Å². The number of amides is 1. The van der Waals surface area contributed by atoms with Crippen molar-refractivity contribution in [1.29, 1.82) is 0 Å². The zero-order valence-corrected chi connectivity index (χ0v) is 11.8. The molecule has 0 aromatic rings. The summed E-state index contributed by atoms with van der Waals surface area (Å²) < 4.78 is 5.56. The van der Waals surface area contributed by atoms with Gasteiger partial charge in [0.25, 0.3) is 0 Å². The van der Waals surface area contributed by atoms with Gasteiger partial charge in [-0.3, -0.25) is 4.79 Å². The molecule has 18 heavy (non-hydrogen) atoms. The largest absolute Gasteiger partial charge is 0.378 e. The van der Waals surface area contributed by atoms with Crippen molar-refractivity contribution in [3.8, 4) is 0 Å². The van der Waals surface area contributed by atoms with E-state index in [4.69, 9.17) is 16.3 Å². The minimum atomic E-state index is 0.310. The van der Waals surface area contributed by atoms with E-state index in [-0.39, 0.29) is 0 Å². The minimum Gasteiger partial charge on any atom is -0.378 e. The molecule has 2 unspecified atom stereocenters. The summed E-state index contributed by atoms with van der Waals surface area (Å²) in [5, 5.41) is 0. The molecule has 2 rings (SSSR count). The maximum Gasteiger partial charge on any atom is 0.222 e. The van der Waals surface area contributed by atoms with Crippen LogP contribution in [0.4, 0.5) is 0 Å². The van der Waals surface area contributed by atoms with Crippen molar-refractivity contribution in [3.63, 3.8) is 0 Å². The molecule has 3 nitrogen and oxygen atoms in total. The lowest BCUT2D eigenvalue weighted by atomic mass is 9.95. The number of halogens is 1. The third-order valence-electron chi connectivity index (χ3n) is 4.09. The van der Waals surface area contributed by atoms with Crippen LogP contribution < -0.4 is 0 Å². The van der Waals surface area contributed by atoms with E-state index in [2.05, 4.69) is 0 Å². The standard InChI is InChI=1S/C14H24ClNO2/c15-8-7-12-3-1-9-16(11-12)14(17)6-5-13-4-2-10-18-13/h12-13H,1-11H2. The average molecular weight is 274 g/mol. The van der Waals surface area contributed by atoms with Crippen molar-refractivity contribution in [3.05, 3.63) is 0 Å². The number of ether oxygens (including phenoxy) is 1. The highest BCUT2D eigenvalue weighted by atomic mass is 35.5. The van der Waals surface area contributed by atoms with Gasteiger partial charge in [0, 0.05) is 32.0 Å². The molecule has 2 aliphatic heterocycles. The summed E-state index contributed by atoms with van der Waals surface area (Å²) in [5.74, 6) is 1.63. The summed E-state index contributed by atoms with van der Waals surface area (Å²) in [6.45, 7) is 2.72. The molecule has 2 aliphatic rings. The van der Waals surface area contributed by atoms with Gasteiger partial charge >= 0.3 is 0 Å². The number of piperidine rings is 1. The van der Waals surface area contributed by atoms with E-state index in [1.807, 2.05) is 4.90 Å². The van der Waals surface area contributed by atoms with Gasteiger partial charge in [0.15, 0.2) is 0 Å². The van der Waals surface area contributed by atoms with E-state index >= 15 is 0 Å². The van der Waals surface area contributed by atoms with Crippen molar-refractivity contribution in [2.45, 2.75) is 51.0 Å². The third kappa shape index (κ3) is 4.13. The van der Waals surface area contributed by atoms with E-state index in [1.54, 1.807) is 0 Å². The third-order valence-corrected chi connectivity index (χ3v) is 4.31. The van der Waals surface area contributed by atoms with Crippen molar-refractivity contribution < 1.29 is 9.53 Å². The topological polar surface area (TPSA) is 29.5 Å². The molecule has 1 amide bonds. The van der Waals surface area contributed by atoms with Crippen LogP contribution in [0.25, 0.3) is 0 Å². The van der Waals surface area contributed by atoms with Gasteiger partial charge in [-0.05, 0) is 44.4 Å². The van der Waals surface area contributed by atoms with Crippen LogP contribution in [0.5, 0.6) is 0 Å². The Labute approximate surface area is 115 Å². The van der Waals surface area contributed by atoms with Crippen molar-refractivity contribution in [1.82, 2.24) is 4.90 Å². The van der Waals surface area contributed by atoms with Gasteiger partial charge < -0.3 is 9.64 Å². The molecule has 0 spiro atoms. The zero-order chi connectivity index (χ0) is 12.8. The fourth-order valence-corrected chi connectivity index (χ4v) is 3.30. The second kappa shape index (κ2) is 7.34. The van der Waals surface area contributed by atoms with Crippen LogP contribution in [-0.4, -0.2) is 42.5 Å². The number of nitrogens with zero attached hydrogens (tertiary/aromatic N) is 1. The van der Waals surface area contributed by atoms with Gasteiger partial charge in [0.05, 0.1) is 6.10 Å². The fourth-order valence-electron chi connectivity index (χ4n) is 3.00. The molecule has 0 aromatic heterocycles. The van der Waals surface area contributed by atoms with Crippen LogP contribution in [0.3, 0.4) is 0 Å². The number of hydrogen-bond donors (Lipinski definition) is 0. The fraction of sp³-hybridized carbons (Fsp3) is 0.929. The van der Waals surface area contributed by atoms with Crippen molar-refractivity contribution in [2.24, 2.45) is 5.92 Å². The van der Waals surface area contributed by atoms with Gasteiger partial charge in [-0.15, -0.1) is 11.6 Å². The van der Waals surface area contributed by atoms with Gasteiger partial charge in [-0.25, -0.2) is 0 Å². The number of carbonyl (C=O) groups excluding carboxylic acids is 1. The number of hydrogen-bond acceptors (Lipinski definition) is 2. The smallest absolute Gasteiger partial charge is 0.222 e. The van der Waals surface area contributed by atoms with Crippen LogP contribution in [0, 0.1) is 5.92 Å². The van der Waals surface area contributed by atoms with Crippen LogP contribution in [0.15, 0.2) is 0 Å². The molecule has 2 atom stereocenters. The maximum atomic E-state index is 12.1. The predicted molar refractivity (Wildman–Crippen MR) is 72.8 cm³/mol. The Kier molecular flexibility index (Phi) is 5.77. The first kappa shape index (κ1) is 14.1. The van der Waals surface area contributed by atoms with Gasteiger partial charge in [0.2, 0.25) is 5.91 Å². The summed E-state index contributed by atoms with van der Waals surface area (Å²) in [5.41, 5.74) is 0. The molecule has 0 N–H and O–H groups in total. The summed E-state index contributed by atoms with van der Waals surface area (Å²) >= 11 is 5.79. The predicted octanol–water partition coefficient (Wildman–Crippen LogP) is 2.81. The van der Waals surface area contributed by atoms with Gasteiger partial charge in [-0.1, -0.05) is 0 Å². The molecule has 2 fully saturated rings. The Morgan fingerprint density at radius 1 is 1.28 bits per heavy atom. The second-order valence-electron chi connectivity index (χ2n) is 5.50. The molecule has 104 valence electrons. The van der Waals surface area contributed by atoms with Crippen LogP contribution in [-0.2, 0) is 9.53 Å². The summed E-state index contributed by atoms with van der Waals surface area (Å²) in [4.78, 5) is 14.2.